The van der Waals surface area contributed by atoms with Crippen LogP contribution in [-0.2, 0) is 0 Å². The molecule has 0 amide bonds. The van der Waals surface area contributed by atoms with Gasteiger partial charge in [-0.2, -0.15) is 0 Å². The molecule has 92 valence electrons. The highest BCUT2D eigenvalue weighted by atomic mass is 15.2. The van der Waals surface area contributed by atoms with Crippen LogP contribution in [0.5, 0.6) is 0 Å². The molecule has 0 aliphatic heterocycles. The lowest BCUT2D eigenvalue weighted by Gasteiger charge is -2.18. The molecular weight excluding hydrogens is 210 g/mol. The van der Waals surface area contributed by atoms with Gasteiger partial charge in [0.2, 0.25) is 0 Å². The first-order valence-corrected chi connectivity index (χ1v) is 5.82. The van der Waals surface area contributed by atoms with E-state index in [-0.39, 0.29) is 6.04 Å². The number of hydrogen-bond acceptors (Lipinski definition) is 3. The lowest BCUT2D eigenvalue weighted by molar-refractivity contribution is 0.524. The molecular formula is C14H21N3. The lowest BCUT2D eigenvalue weighted by atomic mass is 10.0. The Morgan fingerprint density at radius 3 is 2.76 bits per heavy atom. The van der Waals surface area contributed by atoms with Crippen molar-refractivity contribution in [3.63, 3.8) is 0 Å². The molecule has 1 unspecified atom stereocenters. The first kappa shape index (κ1) is 13.6. The van der Waals surface area contributed by atoms with Crippen LogP contribution in [-0.4, -0.2) is 14.1 Å². The van der Waals surface area contributed by atoms with Crippen molar-refractivity contribution in [3.8, 4) is 11.8 Å². The zero-order valence-electron chi connectivity index (χ0n) is 10.8. The monoisotopic (exact) mass is 231 g/mol. The van der Waals surface area contributed by atoms with Gasteiger partial charge in [0.15, 0.2) is 0 Å². The van der Waals surface area contributed by atoms with Crippen LogP contribution < -0.4 is 16.2 Å². The van der Waals surface area contributed by atoms with Crippen molar-refractivity contribution in [2.24, 2.45) is 5.84 Å². The molecule has 0 bridgehead atoms. The van der Waals surface area contributed by atoms with Gasteiger partial charge in [-0.3, -0.25) is 11.3 Å². The largest absolute Gasteiger partial charge is 0.378 e. The van der Waals surface area contributed by atoms with E-state index in [4.69, 9.17) is 5.84 Å². The molecule has 0 heterocycles. The topological polar surface area (TPSA) is 41.3 Å². The summed E-state index contributed by atoms with van der Waals surface area (Å²) in [6.45, 7) is 1.86. The zero-order chi connectivity index (χ0) is 12.7. The van der Waals surface area contributed by atoms with Crippen LogP contribution in [0.2, 0.25) is 0 Å². The van der Waals surface area contributed by atoms with E-state index in [0.29, 0.717) is 0 Å². The zero-order valence-corrected chi connectivity index (χ0v) is 10.8. The first-order valence-electron chi connectivity index (χ1n) is 5.82. The fraction of sp³-hybridized carbons (Fsp3) is 0.429. The first-order chi connectivity index (χ1) is 8.19. The van der Waals surface area contributed by atoms with Gasteiger partial charge in [-0.05, 0) is 31.0 Å². The van der Waals surface area contributed by atoms with Crippen molar-refractivity contribution >= 4 is 5.69 Å². The van der Waals surface area contributed by atoms with Crippen molar-refractivity contribution in [3.05, 3.63) is 29.8 Å². The predicted molar refractivity (Wildman–Crippen MR) is 73.5 cm³/mol. The Kier molecular flexibility index (Phi) is 5.55. The Hall–Kier alpha value is -1.50. The quantitative estimate of drug-likeness (QED) is 0.463. The average Bonchev–Trinajstić information content (AvgIpc) is 2.35. The third-order valence-corrected chi connectivity index (χ3v) is 2.72. The highest BCUT2D eigenvalue weighted by Crippen LogP contribution is 2.22. The maximum Gasteiger partial charge on any atom is 0.0469 e. The SMILES string of the molecule is CC#CCCC(NN)c1cccc(N(C)C)c1. The van der Waals surface area contributed by atoms with Crippen molar-refractivity contribution in [2.75, 3.05) is 19.0 Å². The average molecular weight is 231 g/mol. The van der Waals surface area contributed by atoms with Crippen LogP contribution in [0.25, 0.3) is 0 Å². The summed E-state index contributed by atoms with van der Waals surface area (Å²) in [6, 6.07) is 8.56. The second kappa shape index (κ2) is 6.95. The van der Waals surface area contributed by atoms with Gasteiger partial charge < -0.3 is 4.90 Å². The molecule has 1 atom stereocenters. The molecule has 3 heteroatoms. The van der Waals surface area contributed by atoms with Crippen LogP contribution in [0.15, 0.2) is 24.3 Å². The standard InChI is InChI=1S/C14H21N3/c1-4-5-6-10-14(16-15)12-8-7-9-13(11-12)17(2)3/h7-9,11,14,16H,6,10,15H2,1-3H3. The highest BCUT2D eigenvalue weighted by molar-refractivity contribution is 5.47. The predicted octanol–water partition coefficient (Wildman–Crippen LogP) is 2.06. The van der Waals surface area contributed by atoms with E-state index in [1.165, 1.54) is 11.3 Å². The third-order valence-electron chi connectivity index (χ3n) is 2.72. The van der Waals surface area contributed by atoms with Gasteiger partial charge in [-0.25, -0.2) is 0 Å². The normalized spacial score (nSPS) is 11.5. The second-order valence-electron chi connectivity index (χ2n) is 4.17. The third kappa shape index (κ3) is 4.10. The van der Waals surface area contributed by atoms with E-state index in [1.54, 1.807) is 0 Å². The Balaban J connectivity index is 2.79. The van der Waals surface area contributed by atoms with Crippen LogP contribution in [0.1, 0.15) is 31.4 Å². The molecule has 3 nitrogen and oxygen atoms in total. The summed E-state index contributed by atoms with van der Waals surface area (Å²) in [6.07, 6.45) is 1.78. The maximum absolute atomic E-state index is 5.60. The minimum Gasteiger partial charge on any atom is -0.378 e. The number of rotatable bonds is 5. The van der Waals surface area contributed by atoms with Crippen LogP contribution in [0.4, 0.5) is 5.69 Å². The number of hydrogen-bond donors (Lipinski definition) is 2. The lowest BCUT2D eigenvalue weighted by Crippen LogP contribution is -2.28. The minimum atomic E-state index is 0.163. The number of nitrogens with two attached hydrogens (primary N) is 1. The Labute approximate surface area is 104 Å². The summed E-state index contributed by atoms with van der Waals surface area (Å²) in [5.41, 5.74) is 5.25. The fourth-order valence-corrected chi connectivity index (χ4v) is 1.71. The Morgan fingerprint density at radius 1 is 1.41 bits per heavy atom. The molecule has 0 aromatic heterocycles. The molecule has 0 aliphatic rings. The Morgan fingerprint density at radius 2 is 2.18 bits per heavy atom. The second-order valence-corrected chi connectivity index (χ2v) is 4.17. The van der Waals surface area contributed by atoms with E-state index in [2.05, 4.69) is 46.4 Å². The van der Waals surface area contributed by atoms with Crippen molar-refractivity contribution in [2.45, 2.75) is 25.8 Å². The van der Waals surface area contributed by atoms with E-state index in [0.717, 1.165) is 12.8 Å². The molecule has 0 saturated carbocycles. The minimum absolute atomic E-state index is 0.163. The van der Waals surface area contributed by atoms with E-state index >= 15 is 0 Å². The van der Waals surface area contributed by atoms with E-state index in [9.17, 15) is 0 Å². The summed E-state index contributed by atoms with van der Waals surface area (Å²) in [4.78, 5) is 2.09. The van der Waals surface area contributed by atoms with E-state index < -0.39 is 0 Å². The molecule has 17 heavy (non-hydrogen) atoms. The highest BCUT2D eigenvalue weighted by Gasteiger charge is 2.09. The smallest absolute Gasteiger partial charge is 0.0469 e. The molecule has 0 spiro atoms. The molecule has 1 aromatic carbocycles. The van der Waals surface area contributed by atoms with Gasteiger partial charge in [-0.15, -0.1) is 11.8 Å². The molecule has 0 fully saturated rings. The number of nitrogens with one attached hydrogen (secondary N) is 1. The van der Waals surface area contributed by atoms with Gasteiger partial charge >= 0.3 is 0 Å². The molecule has 0 saturated heterocycles. The number of benzene rings is 1. The molecule has 3 N–H and O–H groups in total. The summed E-state index contributed by atoms with van der Waals surface area (Å²) in [5, 5.41) is 0. The fourth-order valence-electron chi connectivity index (χ4n) is 1.71. The van der Waals surface area contributed by atoms with E-state index in [1.807, 2.05) is 21.0 Å². The summed E-state index contributed by atoms with van der Waals surface area (Å²) in [7, 11) is 4.07. The van der Waals surface area contributed by atoms with Gasteiger partial charge in [0, 0.05) is 32.2 Å². The number of anilines is 1. The molecule has 0 aliphatic carbocycles. The maximum atomic E-state index is 5.60. The van der Waals surface area contributed by atoms with Gasteiger partial charge in [0.1, 0.15) is 0 Å². The summed E-state index contributed by atoms with van der Waals surface area (Å²) >= 11 is 0. The molecule has 1 aromatic rings. The number of nitrogens with zero attached hydrogens (tertiary/aromatic N) is 1. The van der Waals surface area contributed by atoms with Crippen LogP contribution in [0, 0.1) is 11.8 Å². The Bertz CT molecular complexity index is 401. The van der Waals surface area contributed by atoms with Gasteiger partial charge in [0.25, 0.3) is 0 Å². The van der Waals surface area contributed by atoms with Crippen LogP contribution >= 0.6 is 0 Å². The van der Waals surface area contributed by atoms with Crippen molar-refractivity contribution in [1.29, 1.82) is 0 Å². The number of hydrazine groups is 1. The molecule has 0 radical (unpaired) electrons. The van der Waals surface area contributed by atoms with Crippen LogP contribution in [0.3, 0.4) is 0 Å². The van der Waals surface area contributed by atoms with Crippen molar-refractivity contribution < 1.29 is 0 Å². The molecule has 1 rings (SSSR count). The van der Waals surface area contributed by atoms with Gasteiger partial charge in [0.05, 0.1) is 0 Å². The summed E-state index contributed by atoms with van der Waals surface area (Å²) in [5.74, 6) is 11.6. The summed E-state index contributed by atoms with van der Waals surface area (Å²) < 4.78 is 0. The van der Waals surface area contributed by atoms with Gasteiger partial charge in [-0.1, -0.05) is 12.1 Å². The van der Waals surface area contributed by atoms with Crippen molar-refractivity contribution in [1.82, 2.24) is 5.43 Å².